The molecule has 1 aromatic heterocycles. The minimum absolute atomic E-state index is 0.0333. The van der Waals surface area contributed by atoms with E-state index in [-0.39, 0.29) is 17.2 Å². The first-order valence-electron chi connectivity index (χ1n) is 6.04. The van der Waals surface area contributed by atoms with Crippen LogP contribution in [0.4, 0.5) is 0 Å². The normalized spacial score (nSPS) is 19.5. The molecule has 1 aliphatic heterocycles. The second-order valence-electron chi connectivity index (χ2n) is 5.03. The number of piperidine rings is 1. The maximum atomic E-state index is 12.3. The van der Waals surface area contributed by atoms with Crippen LogP contribution in [0.5, 0.6) is 0 Å². The van der Waals surface area contributed by atoms with E-state index in [2.05, 4.69) is 14.7 Å². The van der Waals surface area contributed by atoms with Gasteiger partial charge in [-0.2, -0.15) is 0 Å². The largest absolute Gasteiger partial charge is 0.409 e. The van der Waals surface area contributed by atoms with Crippen LogP contribution in [0.3, 0.4) is 0 Å². The Hall–Kier alpha value is -1.70. The topological polar surface area (TPSA) is 105 Å². The second kappa shape index (κ2) is 5.12. The lowest BCUT2D eigenvalue weighted by atomic mass is 9.79. The average molecular weight is 283 g/mol. The number of carbonyl (C=O) groups excluding carboxylic acids is 1. The number of hydrogen-bond donors (Lipinski definition) is 2. The fourth-order valence-electron chi connectivity index (χ4n) is 2.15. The summed E-state index contributed by atoms with van der Waals surface area (Å²) in [7, 11) is 0. The molecular formula is C11H17N5O2S. The highest BCUT2D eigenvalue weighted by molar-refractivity contribution is 7.07. The van der Waals surface area contributed by atoms with Gasteiger partial charge in [-0.05, 0) is 31.3 Å². The van der Waals surface area contributed by atoms with Gasteiger partial charge in [0, 0.05) is 18.5 Å². The zero-order valence-corrected chi connectivity index (χ0v) is 11.8. The molecule has 19 heavy (non-hydrogen) atoms. The highest BCUT2D eigenvalue weighted by Gasteiger charge is 2.36. The van der Waals surface area contributed by atoms with E-state index in [1.165, 1.54) is 0 Å². The summed E-state index contributed by atoms with van der Waals surface area (Å²) in [5.41, 5.74) is 6.03. The van der Waals surface area contributed by atoms with Crippen molar-refractivity contribution >= 4 is 23.3 Å². The molecule has 0 saturated carbocycles. The third-order valence-corrected chi connectivity index (χ3v) is 4.54. The Morgan fingerprint density at radius 2 is 2.16 bits per heavy atom. The summed E-state index contributed by atoms with van der Waals surface area (Å²) in [4.78, 5) is 14.6. The first kappa shape index (κ1) is 13.7. The highest BCUT2D eigenvalue weighted by Crippen LogP contribution is 2.31. The second-order valence-corrected chi connectivity index (χ2v) is 5.78. The van der Waals surface area contributed by atoms with Crippen LogP contribution >= 0.6 is 11.5 Å². The Kier molecular flexibility index (Phi) is 3.70. The van der Waals surface area contributed by atoms with Crippen LogP contribution in [-0.2, 0) is 0 Å². The lowest BCUT2D eigenvalue weighted by Gasteiger charge is -2.38. The summed E-state index contributed by atoms with van der Waals surface area (Å²) < 4.78 is 3.78. The number of hydrogen-bond acceptors (Lipinski definition) is 6. The minimum atomic E-state index is -0.341. The summed E-state index contributed by atoms with van der Waals surface area (Å²) in [5, 5.41) is 15.7. The van der Waals surface area contributed by atoms with E-state index in [9.17, 15) is 4.79 Å². The number of aryl methyl sites for hydroxylation is 1. The van der Waals surface area contributed by atoms with Crippen molar-refractivity contribution in [1.82, 2.24) is 14.5 Å². The lowest BCUT2D eigenvalue weighted by molar-refractivity contribution is 0.0670. The number of rotatable bonds is 2. The van der Waals surface area contributed by atoms with Crippen molar-refractivity contribution in [3.05, 3.63) is 10.6 Å². The Labute approximate surface area is 115 Å². The molecule has 1 aliphatic rings. The van der Waals surface area contributed by atoms with Gasteiger partial charge in [0.25, 0.3) is 5.91 Å². The summed E-state index contributed by atoms with van der Waals surface area (Å²) in [6, 6.07) is 0. The molecule has 0 aromatic carbocycles. The number of likely N-dealkylation sites (tertiary alicyclic amines) is 1. The van der Waals surface area contributed by atoms with Crippen molar-refractivity contribution in [1.29, 1.82) is 0 Å². The van der Waals surface area contributed by atoms with Crippen LogP contribution in [0, 0.1) is 12.3 Å². The Bertz CT molecular complexity index is 505. The molecule has 3 N–H and O–H groups in total. The monoisotopic (exact) mass is 283 g/mol. The SMILES string of the molecule is Cc1nnsc1C(=O)N1CCC(C)(C(N)=NO)CC1. The number of nitrogens with zero attached hydrogens (tertiary/aromatic N) is 4. The summed E-state index contributed by atoms with van der Waals surface area (Å²) >= 11 is 1.12. The maximum absolute atomic E-state index is 12.3. The molecule has 2 rings (SSSR count). The molecule has 2 heterocycles. The van der Waals surface area contributed by atoms with E-state index in [0.717, 1.165) is 11.5 Å². The predicted octanol–water partition coefficient (Wildman–Crippen LogP) is 0.835. The summed E-state index contributed by atoms with van der Waals surface area (Å²) in [5.74, 6) is 0.198. The van der Waals surface area contributed by atoms with Crippen molar-refractivity contribution in [3.8, 4) is 0 Å². The Morgan fingerprint density at radius 1 is 1.53 bits per heavy atom. The molecule has 1 fully saturated rings. The summed E-state index contributed by atoms with van der Waals surface area (Å²) in [6.07, 6.45) is 1.36. The van der Waals surface area contributed by atoms with Gasteiger partial charge in [-0.3, -0.25) is 4.79 Å². The van der Waals surface area contributed by atoms with Crippen LogP contribution in [0.25, 0.3) is 0 Å². The van der Waals surface area contributed by atoms with Gasteiger partial charge in [0.1, 0.15) is 10.7 Å². The quantitative estimate of drug-likeness (QED) is 0.362. The van der Waals surface area contributed by atoms with Gasteiger partial charge in [0.05, 0.1) is 5.69 Å². The third-order valence-electron chi connectivity index (χ3n) is 3.73. The molecule has 1 aromatic rings. The van der Waals surface area contributed by atoms with E-state index < -0.39 is 0 Å². The summed E-state index contributed by atoms with van der Waals surface area (Å²) in [6.45, 7) is 4.90. The zero-order chi connectivity index (χ0) is 14.0. The van der Waals surface area contributed by atoms with Crippen molar-refractivity contribution in [2.45, 2.75) is 26.7 Å². The fraction of sp³-hybridized carbons (Fsp3) is 0.636. The van der Waals surface area contributed by atoms with E-state index in [0.29, 0.717) is 36.5 Å². The van der Waals surface area contributed by atoms with Gasteiger partial charge in [-0.15, -0.1) is 5.10 Å². The van der Waals surface area contributed by atoms with Crippen molar-refractivity contribution in [2.24, 2.45) is 16.3 Å². The van der Waals surface area contributed by atoms with Gasteiger partial charge >= 0.3 is 0 Å². The number of nitrogens with two attached hydrogens (primary N) is 1. The number of aromatic nitrogens is 2. The van der Waals surface area contributed by atoms with Crippen molar-refractivity contribution in [2.75, 3.05) is 13.1 Å². The molecular weight excluding hydrogens is 266 g/mol. The third kappa shape index (κ3) is 2.53. The number of carbonyl (C=O) groups is 1. The van der Waals surface area contributed by atoms with Gasteiger partial charge in [0.2, 0.25) is 0 Å². The fourth-order valence-corrected chi connectivity index (χ4v) is 2.78. The first-order valence-corrected chi connectivity index (χ1v) is 6.81. The standard InChI is InChI=1S/C11H17N5O2S/c1-7-8(19-15-13-7)9(17)16-5-3-11(2,4-6-16)10(12)14-18/h18H,3-6H2,1-2H3,(H2,12,14). The smallest absolute Gasteiger partial charge is 0.267 e. The van der Waals surface area contributed by atoms with E-state index >= 15 is 0 Å². The van der Waals surface area contributed by atoms with Gasteiger partial charge < -0.3 is 15.8 Å². The van der Waals surface area contributed by atoms with Crippen LogP contribution in [-0.4, -0.2) is 44.5 Å². The average Bonchev–Trinajstić information content (AvgIpc) is 2.84. The van der Waals surface area contributed by atoms with Crippen LogP contribution in [0.15, 0.2) is 5.16 Å². The van der Waals surface area contributed by atoms with Gasteiger partial charge in [-0.25, -0.2) is 0 Å². The maximum Gasteiger partial charge on any atom is 0.267 e. The molecule has 1 saturated heterocycles. The van der Waals surface area contributed by atoms with Crippen LogP contribution in [0.2, 0.25) is 0 Å². The Morgan fingerprint density at radius 3 is 2.63 bits per heavy atom. The molecule has 0 aliphatic carbocycles. The molecule has 0 spiro atoms. The molecule has 104 valence electrons. The predicted molar refractivity (Wildman–Crippen MR) is 71.3 cm³/mol. The molecule has 8 heteroatoms. The minimum Gasteiger partial charge on any atom is -0.409 e. The van der Waals surface area contributed by atoms with E-state index in [1.807, 2.05) is 6.92 Å². The highest BCUT2D eigenvalue weighted by atomic mass is 32.1. The number of amides is 1. The molecule has 0 atom stereocenters. The number of amidine groups is 1. The molecule has 0 bridgehead atoms. The van der Waals surface area contributed by atoms with E-state index in [4.69, 9.17) is 10.9 Å². The van der Waals surface area contributed by atoms with E-state index in [1.54, 1.807) is 11.8 Å². The zero-order valence-electron chi connectivity index (χ0n) is 11.0. The van der Waals surface area contributed by atoms with Crippen molar-refractivity contribution in [3.63, 3.8) is 0 Å². The molecule has 1 amide bonds. The molecule has 0 radical (unpaired) electrons. The lowest BCUT2D eigenvalue weighted by Crippen LogP contribution is -2.47. The van der Waals surface area contributed by atoms with Gasteiger partial charge in [-0.1, -0.05) is 16.6 Å². The van der Waals surface area contributed by atoms with Crippen LogP contribution < -0.4 is 5.73 Å². The van der Waals surface area contributed by atoms with Crippen LogP contribution in [0.1, 0.15) is 35.1 Å². The first-order chi connectivity index (χ1) is 8.98. The molecule has 7 nitrogen and oxygen atoms in total. The van der Waals surface area contributed by atoms with Gasteiger partial charge in [0.15, 0.2) is 0 Å². The molecule has 0 unspecified atom stereocenters. The number of oxime groups is 1. The van der Waals surface area contributed by atoms with Crippen molar-refractivity contribution < 1.29 is 10.0 Å². The Balaban J connectivity index is 2.05.